The normalized spacial score (nSPS) is 14.6. The van der Waals surface area contributed by atoms with Crippen molar-refractivity contribution in [1.29, 1.82) is 0 Å². The molecule has 21 heavy (non-hydrogen) atoms. The largest absolute Gasteiger partial charge is 0.493 e. The summed E-state index contributed by atoms with van der Waals surface area (Å²) < 4.78 is 19.2. The van der Waals surface area contributed by atoms with Crippen molar-refractivity contribution in [3.8, 4) is 5.75 Å². The first-order valence-electron chi connectivity index (χ1n) is 7.46. The zero-order chi connectivity index (χ0) is 14.7. The van der Waals surface area contributed by atoms with Crippen molar-refractivity contribution in [2.24, 2.45) is 0 Å². The highest BCUT2D eigenvalue weighted by Crippen LogP contribution is 2.26. The molecule has 0 amide bonds. The maximum atomic E-state index is 13.7. The number of rotatable bonds is 5. The van der Waals surface area contributed by atoms with E-state index in [9.17, 15) is 4.39 Å². The Labute approximate surface area is 125 Å². The summed E-state index contributed by atoms with van der Waals surface area (Å²) in [5.41, 5.74) is 3.32. The van der Waals surface area contributed by atoms with Gasteiger partial charge in [0.2, 0.25) is 0 Å². The Kier molecular flexibility index (Phi) is 4.20. The lowest BCUT2D eigenvalue weighted by Gasteiger charge is -2.15. The average Bonchev–Trinajstić information content (AvgIpc) is 2.95. The molecular weight excluding hydrogens is 265 g/mol. The van der Waals surface area contributed by atoms with Gasteiger partial charge in [0.25, 0.3) is 0 Å². The Hall–Kier alpha value is -1.87. The number of hydrogen-bond donors (Lipinski definition) is 1. The summed E-state index contributed by atoms with van der Waals surface area (Å²) in [5.74, 6) is 0.874. The second kappa shape index (κ2) is 6.27. The highest BCUT2D eigenvalue weighted by molar-refractivity contribution is 5.39. The third-order valence-electron chi connectivity index (χ3n) is 3.99. The first kappa shape index (κ1) is 14.1. The fourth-order valence-electron chi connectivity index (χ4n) is 2.76. The van der Waals surface area contributed by atoms with Crippen molar-refractivity contribution >= 4 is 0 Å². The minimum Gasteiger partial charge on any atom is -0.493 e. The summed E-state index contributed by atoms with van der Waals surface area (Å²) in [6.45, 7) is 3.62. The van der Waals surface area contributed by atoms with Gasteiger partial charge in [0.1, 0.15) is 11.6 Å². The van der Waals surface area contributed by atoms with Crippen molar-refractivity contribution in [3.05, 3.63) is 65.0 Å². The van der Waals surface area contributed by atoms with E-state index < -0.39 is 0 Å². The summed E-state index contributed by atoms with van der Waals surface area (Å²) in [4.78, 5) is 0. The van der Waals surface area contributed by atoms with Crippen molar-refractivity contribution in [1.82, 2.24) is 5.32 Å². The minimum absolute atomic E-state index is 0.0176. The van der Waals surface area contributed by atoms with Crippen molar-refractivity contribution in [3.63, 3.8) is 0 Å². The van der Waals surface area contributed by atoms with Crippen LogP contribution in [0.1, 0.15) is 29.7 Å². The van der Waals surface area contributed by atoms with Gasteiger partial charge < -0.3 is 10.1 Å². The smallest absolute Gasteiger partial charge is 0.127 e. The molecule has 0 fully saturated rings. The predicted molar refractivity (Wildman–Crippen MR) is 82.2 cm³/mol. The molecule has 0 saturated heterocycles. The second-order valence-corrected chi connectivity index (χ2v) is 5.49. The number of nitrogens with one attached hydrogen (secondary N) is 1. The summed E-state index contributed by atoms with van der Waals surface area (Å²) in [7, 11) is 0. The topological polar surface area (TPSA) is 21.3 Å². The van der Waals surface area contributed by atoms with Crippen LogP contribution < -0.4 is 10.1 Å². The van der Waals surface area contributed by atoms with Gasteiger partial charge in [-0.2, -0.15) is 0 Å². The molecule has 1 atom stereocenters. The lowest BCUT2D eigenvalue weighted by Crippen LogP contribution is -2.22. The zero-order valence-electron chi connectivity index (χ0n) is 12.2. The van der Waals surface area contributed by atoms with E-state index >= 15 is 0 Å². The lowest BCUT2D eigenvalue weighted by molar-refractivity contribution is 0.357. The molecule has 2 nitrogen and oxygen atoms in total. The molecule has 1 heterocycles. The Balaban J connectivity index is 1.55. The van der Waals surface area contributed by atoms with Crippen LogP contribution in [0.15, 0.2) is 42.5 Å². The first-order chi connectivity index (χ1) is 10.2. The molecule has 3 heteroatoms. The van der Waals surface area contributed by atoms with Crippen LogP contribution in [0, 0.1) is 5.82 Å². The van der Waals surface area contributed by atoms with E-state index in [-0.39, 0.29) is 11.9 Å². The third-order valence-corrected chi connectivity index (χ3v) is 3.99. The van der Waals surface area contributed by atoms with E-state index in [2.05, 4.69) is 23.5 Å². The number of halogens is 1. The summed E-state index contributed by atoms with van der Waals surface area (Å²) in [6, 6.07) is 13.3. The predicted octanol–water partition coefficient (Wildman–Crippen LogP) is 3.65. The molecule has 0 bridgehead atoms. The van der Waals surface area contributed by atoms with Crippen LogP contribution in [0.2, 0.25) is 0 Å². The fraction of sp³-hybridized carbons (Fsp3) is 0.333. The van der Waals surface area contributed by atoms with Gasteiger partial charge in [-0.05, 0) is 43.1 Å². The minimum atomic E-state index is -0.146. The van der Waals surface area contributed by atoms with Gasteiger partial charge in [-0.1, -0.05) is 30.3 Å². The van der Waals surface area contributed by atoms with Gasteiger partial charge in [0.15, 0.2) is 0 Å². The van der Waals surface area contributed by atoms with Gasteiger partial charge in [-0.3, -0.25) is 0 Å². The molecule has 0 radical (unpaired) electrons. The van der Waals surface area contributed by atoms with E-state index in [1.807, 2.05) is 19.1 Å². The fourth-order valence-corrected chi connectivity index (χ4v) is 2.76. The van der Waals surface area contributed by atoms with E-state index in [0.717, 1.165) is 37.3 Å². The zero-order valence-corrected chi connectivity index (χ0v) is 12.2. The molecule has 2 aromatic rings. The maximum Gasteiger partial charge on any atom is 0.127 e. The van der Waals surface area contributed by atoms with Gasteiger partial charge >= 0.3 is 0 Å². The van der Waals surface area contributed by atoms with E-state index in [4.69, 9.17) is 4.74 Å². The van der Waals surface area contributed by atoms with Crippen molar-refractivity contribution < 1.29 is 9.13 Å². The van der Waals surface area contributed by atoms with Gasteiger partial charge in [0, 0.05) is 18.0 Å². The van der Waals surface area contributed by atoms with Gasteiger partial charge in [0.05, 0.1) is 6.61 Å². The van der Waals surface area contributed by atoms with E-state index in [1.165, 1.54) is 17.2 Å². The molecule has 1 unspecified atom stereocenters. The Morgan fingerprint density at radius 3 is 2.95 bits per heavy atom. The summed E-state index contributed by atoms with van der Waals surface area (Å²) in [5, 5.41) is 3.38. The van der Waals surface area contributed by atoms with Gasteiger partial charge in [-0.15, -0.1) is 0 Å². The lowest BCUT2D eigenvalue weighted by atomic mass is 10.1. The maximum absolute atomic E-state index is 13.7. The molecule has 1 aliphatic rings. The molecule has 1 N–H and O–H groups in total. The molecule has 0 aromatic heterocycles. The van der Waals surface area contributed by atoms with Crippen molar-refractivity contribution in [2.45, 2.75) is 25.8 Å². The first-order valence-corrected chi connectivity index (χ1v) is 7.46. The average molecular weight is 285 g/mol. The summed E-state index contributed by atoms with van der Waals surface area (Å²) in [6.07, 6.45) is 1.94. The van der Waals surface area contributed by atoms with Crippen molar-refractivity contribution in [2.75, 3.05) is 13.2 Å². The van der Waals surface area contributed by atoms with Crippen LogP contribution in [0.3, 0.4) is 0 Å². The van der Waals surface area contributed by atoms with Crippen LogP contribution in [0.4, 0.5) is 4.39 Å². The van der Waals surface area contributed by atoms with Gasteiger partial charge in [-0.25, -0.2) is 4.39 Å². The molecule has 0 spiro atoms. The number of hydrogen-bond acceptors (Lipinski definition) is 2. The van der Waals surface area contributed by atoms with E-state index in [0.29, 0.717) is 0 Å². The molecule has 0 saturated carbocycles. The van der Waals surface area contributed by atoms with Crippen LogP contribution in [0.25, 0.3) is 0 Å². The third kappa shape index (κ3) is 3.24. The van der Waals surface area contributed by atoms with Crippen LogP contribution in [-0.4, -0.2) is 13.2 Å². The molecule has 1 aliphatic heterocycles. The van der Waals surface area contributed by atoms with E-state index in [1.54, 1.807) is 6.07 Å². The molecule has 3 rings (SSSR count). The molecule has 110 valence electrons. The molecular formula is C18H20FNO. The summed E-state index contributed by atoms with van der Waals surface area (Å²) >= 11 is 0. The van der Waals surface area contributed by atoms with Crippen LogP contribution in [-0.2, 0) is 12.8 Å². The Bertz CT molecular complexity index is 626. The SMILES string of the molecule is CC(NCCc1ccc2c(c1)CCO2)c1ccccc1F. The number of ether oxygens (including phenoxy) is 1. The second-order valence-electron chi connectivity index (χ2n) is 5.49. The van der Waals surface area contributed by atoms with Crippen LogP contribution in [0.5, 0.6) is 5.75 Å². The van der Waals surface area contributed by atoms with Crippen LogP contribution >= 0.6 is 0 Å². The molecule has 2 aromatic carbocycles. The highest BCUT2D eigenvalue weighted by atomic mass is 19.1. The highest BCUT2D eigenvalue weighted by Gasteiger charge is 2.12. The quantitative estimate of drug-likeness (QED) is 0.905. The number of benzene rings is 2. The number of fused-ring (bicyclic) bond motifs is 1. The standard InChI is InChI=1S/C18H20FNO/c1-13(16-4-2-3-5-17(16)19)20-10-8-14-6-7-18-15(12-14)9-11-21-18/h2-7,12-13,20H,8-11H2,1H3. The Morgan fingerprint density at radius 1 is 1.24 bits per heavy atom. The monoisotopic (exact) mass is 285 g/mol. The molecule has 0 aliphatic carbocycles. The Morgan fingerprint density at radius 2 is 2.10 bits per heavy atom.